The van der Waals surface area contributed by atoms with Crippen LogP contribution in [0, 0.1) is 12.7 Å². The molecule has 0 fully saturated rings. The van der Waals surface area contributed by atoms with Gasteiger partial charge in [0.2, 0.25) is 0 Å². The van der Waals surface area contributed by atoms with Gasteiger partial charge in [-0.25, -0.2) is 4.39 Å². The summed E-state index contributed by atoms with van der Waals surface area (Å²) in [6.07, 6.45) is 0. The van der Waals surface area contributed by atoms with Gasteiger partial charge in [-0.3, -0.25) is 0 Å². The van der Waals surface area contributed by atoms with Gasteiger partial charge in [-0.05, 0) is 55.2 Å². The van der Waals surface area contributed by atoms with Crippen molar-refractivity contribution in [1.29, 1.82) is 0 Å². The summed E-state index contributed by atoms with van der Waals surface area (Å²) in [7, 11) is 0. The number of halogens is 1. The highest BCUT2D eigenvalue weighted by molar-refractivity contribution is 5.43. The minimum absolute atomic E-state index is 0.259. The number of hydrogen-bond donors (Lipinski definition) is 1. The highest BCUT2D eigenvalue weighted by Gasteiger charge is 2.13. The third-order valence-electron chi connectivity index (χ3n) is 3.53. The Labute approximate surface area is 125 Å². The third-order valence-corrected chi connectivity index (χ3v) is 3.53. The van der Waals surface area contributed by atoms with Gasteiger partial charge in [0, 0.05) is 11.6 Å². The Balaban J connectivity index is 2.39. The summed E-state index contributed by atoms with van der Waals surface area (Å²) in [6, 6.07) is 10.8. The fourth-order valence-electron chi connectivity index (χ4n) is 2.18. The van der Waals surface area contributed by atoms with Crippen LogP contribution in [-0.2, 0) is 0 Å². The van der Waals surface area contributed by atoms with Crippen LogP contribution in [0.2, 0.25) is 0 Å². The fourth-order valence-corrected chi connectivity index (χ4v) is 2.18. The quantitative estimate of drug-likeness (QED) is 0.852. The summed E-state index contributed by atoms with van der Waals surface area (Å²) in [4.78, 5) is 0. The van der Waals surface area contributed by atoms with Gasteiger partial charge in [0.15, 0.2) is 0 Å². The van der Waals surface area contributed by atoms with Gasteiger partial charge in [0.05, 0.1) is 0 Å². The molecule has 2 rings (SSSR count). The Kier molecular flexibility index (Phi) is 4.63. The van der Waals surface area contributed by atoms with Crippen LogP contribution in [0.1, 0.15) is 49.4 Å². The van der Waals surface area contributed by atoms with Gasteiger partial charge in [-0.1, -0.05) is 26.0 Å². The first-order chi connectivity index (χ1) is 9.88. The molecule has 0 aromatic heterocycles. The Morgan fingerprint density at radius 1 is 1.10 bits per heavy atom. The fraction of sp³-hybridized carbons (Fsp3) is 0.333. The van der Waals surface area contributed by atoms with Crippen molar-refractivity contribution in [2.45, 2.75) is 39.7 Å². The molecule has 0 saturated heterocycles. The summed E-state index contributed by atoms with van der Waals surface area (Å²) < 4.78 is 19.7. The van der Waals surface area contributed by atoms with E-state index in [0.717, 1.165) is 5.75 Å². The van der Waals surface area contributed by atoms with E-state index in [0.29, 0.717) is 22.8 Å². The Morgan fingerprint density at radius 2 is 1.81 bits per heavy atom. The molecule has 0 spiro atoms. The minimum Gasteiger partial charge on any atom is -0.457 e. The maximum Gasteiger partial charge on any atom is 0.132 e. The Bertz CT molecular complexity index is 635. The van der Waals surface area contributed by atoms with Gasteiger partial charge in [0.25, 0.3) is 0 Å². The van der Waals surface area contributed by atoms with Gasteiger partial charge in [0.1, 0.15) is 17.3 Å². The van der Waals surface area contributed by atoms with E-state index in [1.165, 1.54) is 11.6 Å². The molecule has 0 amide bonds. The van der Waals surface area contributed by atoms with Crippen LogP contribution in [0.5, 0.6) is 11.5 Å². The molecule has 21 heavy (non-hydrogen) atoms. The van der Waals surface area contributed by atoms with Gasteiger partial charge in [-0.15, -0.1) is 0 Å². The van der Waals surface area contributed by atoms with Crippen molar-refractivity contribution in [1.82, 2.24) is 0 Å². The number of ether oxygens (including phenoxy) is 1. The molecular weight excluding hydrogens is 265 g/mol. The van der Waals surface area contributed by atoms with Gasteiger partial charge >= 0.3 is 0 Å². The molecule has 0 aliphatic rings. The molecule has 0 heterocycles. The first kappa shape index (κ1) is 15.5. The van der Waals surface area contributed by atoms with E-state index in [-0.39, 0.29) is 11.9 Å². The summed E-state index contributed by atoms with van der Waals surface area (Å²) in [5.41, 5.74) is 8.35. The molecule has 112 valence electrons. The van der Waals surface area contributed by atoms with Crippen molar-refractivity contribution >= 4 is 0 Å². The van der Waals surface area contributed by atoms with Crippen molar-refractivity contribution in [3.63, 3.8) is 0 Å². The molecule has 1 atom stereocenters. The second-order valence-corrected chi connectivity index (χ2v) is 5.76. The second-order valence-electron chi connectivity index (χ2n) is 5.76. The zero-order chi connectivity index (χ0) is 15.6. The number of nitrogens with two attached hydrogens (primary N) is 1. The minimum atomic E-state index is -0.289. The topological polar surface area (TPSA) is 35.2 Å². The lowest BCUT2D eigenvalue weighted by molar-refractivity contribution is 0.467. The lowest BCUT2D eigenvalue weighted by Gasteiger charge is -2.16. The summed E-state index contributed by atoms with van der Waals surface area (Å²) in [5.74, 6) is 1.53. The van der Waals surface area contributed by atoms with E-state index in [1.54, 1.807) is 13.0 Å². The standard InChI is InChI=1S/C18H22FNO/c1-11(2)14-6-5-7-15(9-14)21-18-8-12(3)17(19)10-16(18)13(4)20/h5-11,13H,20H2,1-4H3/t13-/m1/s1. The van der Waals surface area contributed by atoms with Crippen LogP contribution in [-0.4, -0.2) is 0 Å². The van der Waals surface area contributed by atoms with Crippen molar-refractivity contribution in [2.75, 3.05) is 0 Å². The van der Waals surface area contributed by atoms with Crippen LogP contribution in [0.25, 0.3) is 0 Å². The predicted octanol–water partition coefficient (Wildman–Crippen LogP) is 5.07. The van der Waals surface area contributed by atoms with Gasteiger partial charge in [-0.2, -0.15) is 0 Å². The zero-order valence-electron chi connectivity index (χ0n) is 13.0. The van der Waals surface area contributed by atoms with Crippen LogP contribution in [0.3, 0.4) is 0 Å². The maximum absolute atomic E-state index is 13.7. The van der Waals surface area contributed by atoms with E-state index >= 15 is 0 Å². The van der Waals surface area contributed by atoms with Crippen LogP contribution < -0.4 is 10.5 Å². The summed E-state index contributed by atoms with van der Waals surface area (Å²) in [5, 5.41) is 0. The Hall–Kier alpha value is -1.87. The molecule has 3 heteroatoms. The lowest BCUT2D eigenvalue weighted by Crippen LogP contribution is -2.08. The SMILES string of the molecule is Cc1cc(Oc2cccc(C(C)C)c2)c([C@@H](C)N)cc1F. The van der Waals surface area contributed by atoms with Crippen molar-refractivity contribution in [3.05, 3.63) is 58.9 Å². The lowest BCUT2D eigenvalue weighted by atomic mass is 10.0. The van der Waals surface area contributed by atoms with E-state index in [9.17, 15) is 4.39 Å². The molecule has 0 unspecified atom stereocenters. The van der Waals surface area contributed by atoms with E-state index in [4.69, 9.17) is 10.5 Å². The average Bonchev–Trinajstić information content (AvgIpc) is 2.42. The highest BCUT2D eigenvalue weighted by atomic mass is 19.1. The molecule has 2 N–H and O–H groups in total. The smallest absolute Gasteiger partial charge is 0.132 e. The molecule has 2 aromatic rings. The second kappa shape index (κ2) is 6.27. The van der Waals surface area contributed by atoms with E-state index < -0.39 is 0 Å². The molecule has 2 nitrogen and oxygen atoms in total. The maximum atomic E-state index is 13.7. The molecule has 2 aromatic carbocycles. The van der Waals surface area contributed by atoms with Crippen molar-refractivity contribution in [3.8, 4) is 11.5 Å². The number of benzene rings is 2. The molecule has 0 aliphatic carbocycles. The Morgan fingerprint density at radius 3 is 2.43 bits per heavy atom. The molecule has 0 saturated carbocycles. The van der Waals surface area contributed by atoms with Gasteiger partial charge < -0.3 is 10.5 Å². The monoisotopic (exact) mass is 287 g/mol. The number of hydrogen-bond acceptors (Lipinski definition) is 2. The normalized spacial score (nSPS) is 12.5. The highest BCUT2D eigenvalue weighted by Crippen LogP contribution is 2.32. The first-order valence-electron chi connectivity index (χ1n) is 7.22. The molecular formula is C18H22FNO. The van der Waals surface area contributed by atoms with Crippen LogP contribution >= 0.6 is 0 Å². The van der Waals surface area contributed by atoms with Crippen molar-refractivity contribution < 1.29 is 9.13 Å². The number of aryl methyl sites for hydroxylation is 1. The predicted molar refractivity (Wildman–Crippen MR) is 84.3 cm³/mol. The molecule has 0 aliphatic heterocycles. The summed E-state index contributed by atoms with van der Waals surface area (Å²) >= 11 is 0. The van der Waals surface area contributed by atoms with Crippen LogP contribution in [0.15, 0.2) is 36.4 Å². The largest absolute Gasteiger partial charge is 0.457 e. The zero-order valence-corrected chi connectivity index (χ0v) is 13.0. The number of rotatable bonds is 4. The molecule has 0 bridgehead atoms. The molecule has 0 radical (unpaired) electrons. The average molecular weight is 287 g/mol. The summed E-state index contributed by atoms with van der Waals surface area (Å²) in [6.45, 7) is 7.81. The third kappa shape index (κ3) is 3.61. The first-order valence-corrected chi connectivity index (χ1v) is 7.22. The van der Waals surface area contributed by atoms with E-state index in [2.05, 4.69) is 19.9 Å². The van der Waals surface area contributed by atoms with E-state index in [1.807, 2.05) is 25.1 Å². The van der Waals surface area contributed by atoms with Crippen molar-refractivity contribution in [2.24, 2.45) is 5.73 Å². The van der Waals surface area contributed by atoms with Crippen LogP contribution in [0.4, 0.5) is 4.39 Å².